The predicted molar refractivity (Wildman–Crippen MR) is 60.9 cm³/mol. The van der Waals surface area contributed by atoms with Gasteiger partial charge >= 0.3 is 5.97 Å². The average molecular weight is 252 g/mol. The van der Waals surface area contributed by atoms with Gasteiger partial charge in [0, 0.05) is 32.3 Å². The van der Waals surface area contributed by atoms with E-state index in [1.165, 1.54) is 19.3 Å². The molecule has 0 aliphatic rings. The highest BCUT2D eigenvalue weighted by atomic mass is 16.4. The van der Waals surface area contributed by atoms with E-state index in [4.69, 9.17) is 5.11 Å². The number of rotatable bonds is 5. The lowest BCUT2D eigenvalue weighted by Gasteiger charge is -2.06. The van der Waals surface area contributed by atoms with E-state index in [1.807, 2.05) is 0 Å². The number of carboxylic acid groups (broad SMARTS) is 1. The van der Waals surface area contributed by atoms with Crippen molar-refractivity contribution < 1.29 is 19.5 Å². The molecule has 8 nitrogen and oxygen atoms in total. The van der Waals surface area contributed by atoms with Gasteiger partial charge in [-0.05, 0) is 0 Å². The lowest BCUT2D eigenvalue weighted by Crippen LogP contribution is -2.26. The van der Waals surface area contributed by atoms with Gasteiger partial charge in [-0.25, -0.2) is 14.8 Å². The predicted octanol–water partition coefficient (Wildman–Crippen LogP) is -0.361. The Morgan fingerprint density at radius 3 is 2.56 bits per heavy atom. The molecule has 96 valence electrons. The van der Waals surface area contributed by atoms with Crippen LogP contribution in [0.1, 0.15) is 23.8 Å². The van der Waals surface area contributed by atoms with Gasteiger partial charge in [0.15, 0.2) is 11.5 Å². The second kappa shape index (κ2) is 6.28. The standard InChI is InChI=1S/C10H12N4O4/c1-6(15)11-3-2-7(16)14-9-8(10(17)18)12-4-5-13-9/h4-5H,2-3H2,1H3,(H,11,15)(H,17,18)(H,13,14,16). The minimum absolute atomic E-state index is 0.0230. The lowest BCUT2D eigenvalue weighted by atomic mass is 10.3. The lowest BCUT2D eigenvalue weighted by molar-refractivity contribution is -0.119. The van der Waals surface area contributed by atoms with E-state index in [2.05, 4.69) is 20.6 Å². The maximum atomic E-state index is 11.4. The average Bonchev–Trinajstić information content (AvgIpc) is 2.28. The van der Waals surface area contributed by atoms with Crippen molar-refractivity contribution >= 4 is 23.6 Å². The molecule has 0 fully saturated rings. The van der Waals surface area contributed by atoms with Crippen molar-refractivity contribution in [2.75, 3.05) is 11.9 Å². The van der Waals surface area contributed by atoms with Crippen LogP contribution < -0.4 is 10.6 Å². The quantitative estimate of drug-likeness (QED) is 0.657. The molecule has 1 heterocycles. The van der Waals surface area contributed by atoms with Crippen molar-refractivity contribution in [3.05, 3.63) is 18.1 Å². The molecule has 1 rings (SSSR count). The van der Waals surface area contributed by atoms with Crippen LogP contribution in [0.5, 0.6) is 0 Å². The summed E-state index contributed by atoms with van der Waals surface area (Å²) in [7, 11) is 0. The van der Waals surface area contributed by atoms with Crippen molar-refractivity contribution in [3.8, 4) is 0 Å². The molecule has 0 saturated carbocycles. The molecule has 0 radical (unpaired) electrons. The largest absolute Gasteiger partial charge is 0.476 e. The second-order valence-corrected chi connectivity index (χ2v) is 3.34. The highest BCUT2D eigenvalue weighted by Gasteiger charge is 2.14. The van der Waals surface area contributed by atoms with Gasteiger partial charge in [0.1, 0.15) is 0 Å². The van der Waals surface area contributed by atoms with Crippen LogP contribution in [-0.2, 0) is 9.59 Å². The number of carbonyl (C=O) groups is 3. The van der Waals surface area contributed by atoms with E-state index in [9.17, 15) is 14.4 Å². The third-order valence-electron chi connectivity index (χ3n) is 1.88. The third kappa shape index (κ3) is 4.16. The van der Waals surface area contributed by atoms with Crippen molar-refractivity contribution in [2.45, 2.75) is 13.3 Å². The van der Waals surface area contributed by atoms with Crippen molar-refractivity contribution in [1.82, 2.24) is 15.3 Å². The number of hydrogen-bond donors (Lipinski definition) is 3. The molecular formula is C10H12N4O4. The summed E-state index contributed by atoms with van der Waals surface area (Å²) >= 11 is 0. The number of carboxylic acids is 1. The summed E-state index contributed by atoms with van der Waals surface area (Å²) in [6, 6.07) is 0. The van der Waals surface area contributed by atoms with Crippen LogP contribution in [0.4, 0.5) is 5.82 Å². The first-order chi connectivity index (χ1) is 8.50. The number of amides is 2. The van der Waals surface area contributed by atoms with Crippen LogP contribution >= 0.6 is 0 Å². The van der Waals surface area contributed by atoms with E-state index >= 15 is 0 Å². The van der Waals surface area contributed by atoms with Gasteiger partial charge in [0.05, 0.1) is 0 Å². The molecule has 8 heteroatoms. The number of nitrogens with zero attached hydrogens (tertiary/aromatic N) is 2. The first-order valence-electron chi connectivity index (χ1n) is 5.09. The summed E-state index contributed by atoms with van der Waals surface area (Å²) in [5.74, 6) is -2.08. The minimum atomic E-state index is -1.28. The number of hydrogen-bond acceptors (Lipinski definition) is 5. The summed E-state index contributed by atoms with van der Waals surface area (Å²) in [4.78, 5) is 40.1. The fourth-order valence-corrected chi connectivity index (χ4v) is 1.13. The van der Waals surface area contributed by atoms with Gasteiger partial charge < -0.3 is 15.7 Å². The number of aromatic nitrogens is 2. The first kappa shape index (κ1) is 13.6. The molecule has 0 aliphatic carbocycles. The Bertz CT molecular complexity index is 475. The number of aromatic carboxylic acids is 1. The number of anilines is 1. The molecule has 0 aliphatic heterocycles. The Morgan fingerprint density at radius 1 is 1.28 bits per heavy atom. The molecule has 0 saturated heterocycles. The molecule has 18 heavy (non-hydrogen) atoms. The van der Waals surface area contributed by atoms with Gasteiger partial charge in [-0.2, -0.15) is 0 Å². The van der Waals surface area contributed by atoms with Gasteiger partial charge in [-0.1, -0.05) is 0 Å². The van der Waals surface area contributed by atoms with Crippen LogP contribution in [0.15, 0.2) is 12.4 Å². The smallest absolute Gasteiger partial charge is 0.358 e. The van der Waals surface area contributed by atoms with Gasteiger partial charge in [-0.3, -0.25) is 9.59 Å². The van der Waals surface area contributed by atoms with Gasteiger partial charge in [0.25, 0.3) is 0 Å². The van der Waals surface area contributed by atoms with E-state index < -0.39 is 11.9 Å². The zero-order chi connectivity index (χ0) is 13.5. The fraction of sp³-hybridized carbons (Fsp3) is 0.300. The Hall–Kier alpha value is -2.51. The molecule has 1 aromatic heterocycles. The molecular weight excluding hydrogens is 240 g/mol. The van der Waals surface area contributed by atoms with E-state index in [0.717, 1.165) is 0 Å². The Kier molecular flexibility index (Phi) is 4.73. The molecule has 2 amide bonds. The molecule has 1 aromatic rings. The van der Waals surface area contributed by atoms with Gasteiger partial charge in [0.2, 0.25) is 11.8 Å². The molecule has 0 atom stereocenters. The van der Waals surface area contributed by atoms with E-state index in [1.54, 1.807) is 0 Å². The number of nitrogens with one attached hydrogen (secondary N) is 2. The normalized spacial score (nSPS) is 9.61. The first-order valence-corrected chi connectivity index (χ1v) is 5.09. The molecule has 0 unspecified atom stereocenters. The number of carbonyl (C=O) groups excluding carboxylic acids is 2. The van der Waals surface area contributed by atoms with E-state index in [-0.39, 0.29) is 30.4 Å². The topological polar surface area (TPSA) is 121 Å². The van der Waals surface area contributed by atoms with Crippen LogP contribution in [0, 0.1) is 0 Å². The molecule has 0 aromatic carbocycles. The monoisotopic (exact) mass is 252 g/mol. The van der Waals surface area contributed by atoms with Crippen LogP contribution in [-0.4, -0.2) is 39.4 Å². The SMILES string of the molecule is CC(=O)NCCC(=O)Nc1nccnc1C(=O)O. The van der Waals surface area contributed by atoms with E-state index in [0.29, 0.717) is 0 Å². The highest BCUT2D eigenvalue weighted by molar-refractivity contribution is 5.97. The van der Waals surface area contributed by atoms with Crippen molar-refractivity contribution in [3.63, 3.8) is 0 Å². The molecule has 0 spiro atoms. The summed E-state index contributed by atoms with van der Waals surface area (Å²) in [6.45, 7) is 1.51. The summed E-state index contributed by atoms with van der Waals surface area (Å²) in [5, 5.41) is 13.6. The maximum absolute atomic E-state index is 11.4. The summed E-state index contributed by atoms with van der Waals surface area (Å²) in [6.07, 6.45) is 2.52. The minimum Gasteiger partial charge on any atom is -0.476 e. The fourth-order valence-electron chi connectivity index (χ4n) is 1.13. The second-order valence-electron chi connectivity index (χ2n) is 3.34. The Morgan fingerprint density at radius 2 is 1.94 bits per heavy atom. The van der Waals surface area contributed by atoms with Crippen LogP contribution in [0.2, 0.25) is 0 Å². The summed E-state index contributed by atoms with van der Waals surface area (Å²) < 4.78 is 0. The molecule has 0 bridgehead atoms. The highest BCUT2D eigenvalue weighted by Crippen LogP contribution is 2.08. The summed E-state index contributed by atoms with van der Waals surface area (Å²) in [5.41, 5.74) is -0.328. The Labute approximate surface area is 102 Å². The Balaban J connectivity index is 2.59. The maximum Gasteiger partial charge on any atom is 0.358 e. The van der Waals surface area contributed by atoms with Crippen LogP contribution in [0.3, 0.4) is 0 Å². The zero-order valence-electron chi connectivity index (χ0n) is 9.64. The van der Waals surface area contributed by atoms with Crippen LogP contribution in [0.25, 0.3) is 0 Å². The zero-order valence-corrected chi connectivity index (χ0v) is 9.64. The molecule has 3 N–H and O–H groups in total. The van der Waals surface area contributed by atoms with Gasteiger partial charge in [-0.15, -0.1) is 0 Å². The van der Waals surface area contributed by atoms with Crippen molar-refractivity contribution in [1.29, 1.82) is 0 Å². The van der Waals surface area contributed by atoms with Crippen molar-refractivity contribution in [2.24, 2.45) is 0 Å². The third-order valence-corrected chi connectivity index (χ3v) is 1.88.